The summed E-state index contributed by atoms with van der Waals surface area (Å²) in [6, 6.07) is 18.5. The Morgan fingerprint density at radius 2 is 1.71 bits per heavy atom. The Morgan fingerprint density at radius 1 is 1.00 bits per heavy atom. The number of likely N-dealkylation sites (tertiary alicyclic amines) is 1. The maximum absolute atomic E-state index is 13.5. The summed E-state index contributed by atoms with van der Waals surface area (Å²) in [4.78, 5) is 44.4. The van der Waals surface area contributed by atoms with Gasteiger partial charge in [-0.2, -0.15) is 0 Å². The van der Waals surface area contributed by atoms with Gasteiger partial charge in [0.25, 0.3) is 0 Å². The van der Waals surface area contributed by atoms with Crippen molar-refractivity contribution in [1.29, 1.82) is 0 Å². The molecule has 0 bridgehead atoms. The molecule has 1 fully saturated rings. The van der Waals surface area contributed by atoms with Crippen LogP contribution in [0.25, 0.3) is 0 Å². The van der Waals surface area contributed by atoms with E-state index in [0.29, 0.717) is 25.1 Å². The molecule has 41 heavy (non-hydrogen) atoms. The van der Waals surface area contributed by atoms with Gasteiger partial charge in [0.15, 0.2) is 6.23 Å². The lowest BCUT2D eigenvalue weighted by Gasteiger charge is -2.53. The maximum Gasteiger partial charge on any atom is 0.327 e. The molecule has 4 amide bonds. The molecular formula is C33H40N4O4. The van der Waals surface area contributed by atoms with Crippen LogP contribution in [0.1, 0.15) is 74.8 Å². The van der Waals surface area contributed by atoms with Gasteiger partial charge in [-0.1, -0.05) is 75.2 Å². The maximum atomic E-state index is 13.5. The summed E-state index contributed by atoms with van der Waals surface area (Å²) in [5.74, 6) is 0.258. The quantitative estimate of drug-likeness (QED) is 0.273. The normalized spacial score (nSPS) is 16.4. The van der Waals surface area contributed by atoms with Crippen molar-refractivity contribution in [3.63, 3.8) is 0 Å². The van der Waals surface area contributed by atoms with E-state index in [1.807, 2.05) is 75.4 Å². The van der Waals surface area contributed by atoms with Crippen LogP contribution in [0.15, 0.2) is 73.1 Å². The van der Waals surface area contributed by atoms with Gasteiger partial charge in [0.05, 0.1) is 12.5 Å². The number of β-lactam (4-membered cyclic amide) rings is 1. The SMILES string of the molecule is CCC[C@@H](NC(=O)N1C(=O)C(CC)(CC)[C@@H]1Oc1ccc(CNC(=O)Cc2cccnc2)cc1)c1ccc(C)cc1. The van der Waals surface area contributed by atoms with E-state index in [1.54, 1.807) is 18.5 Å². The molecule has 1 aliphatic heterocycles. The van der Waals surface area contributed by atoms with E-state index in [-0.39, 0.29) is 24.3 Å². The minimum absolute atomic E-state index is 0.0874. The molecule has 0 spiro atoms. The second-order valence-corrected chi connectivity index (χ2v) is 10.7. The number of urea groups is 1. The monoisotopic (exact) mass is 556 g/mol. The van der Waals surface area contributed by atoms with E-state index in [4.69, 9.17) is 4.74 Å². The van der Waals surface area contributed by atoms with Crippen LogP contribution in [0.5, 0.6) is 5.75 Å². The first kappa shape index (κ1) is 29.8. The lowest BCUT2D eigenvalue weighted by Crippen LogP contribution is -2.73. The highest BCUT2D eigenvalue weighted by Crippen LogP contribution is 2.46. The number of nitrogens with one attached hydrogen (secondary N) is 2. The highest BCUT2D eigenvalue weighted by atomic mass is 16.5. The van der Waals surface area contributed by atoms with Gasteiger partial charge in [-0.25, -0.2) is 9.69 Å². The summed E-state index contributed by atoms with van der Waals surface area (Å²) in [6.07, 6.45) is 5.68. The highest BCUT2D eigenvalue weighted by molar-refractivity contribution is 6.03. The molecule has 216 valence electrons. The molecule has 2 aromatic carbocycles. The molecule has 0 unspecified atom stereocenters. The minimum atomic E-state index is -0.763. The number of carbonyl (C=O) groups excluding carboxylic acids is 3. The fourth-order valence-electron chi connectivity index (χ4n) is 5.29. The zero-order chi connectivity index (χ0) is 29.4. The number of carbonyl (C=O) groups is 3. The molecule has 0 radical (unpaired) electrons. The van der Waals surface area contributed by atoms with Crippen LogP contribution in [0.4, 0.5) is 4.79 Å². The van der Waals surface area contributed by atoms with Crippen LogP contribution in [-0.2, 0) is 22.6 Å². The topological polar surface area (TPSA) is 101 Å². The number of amides is 4. The van der Waals surface area contributed by atoms with Crippen LogP contribution < -0.4 is 15.4 Å². The van der Waals surface area contributed by atoms with Crippen molar-refractivity contribution in [2.75, 3.05) is 0 Å². The summed E-state index contributed by atoms with van der Waals surface area (Å²) in [5, 5.41) is 6.00. The second-order valence-electron chi connectivity index (χ2n) is 10.7. The number of ether oxygens (including phenoxy) is 1. The van der Waals surface area contributed by atoms with E-state index >= 15 is 0 Å². The molecule has 0 saturated carbocycles. The van der Waals surface area contributed by atoms with Crippen LogP contribution in [-0.4, -0.2) is 34.0 Å². The number of hydrogen-bond donors (Lipinski definition) is 2. The number of benzene rings is 2. The summed E-state index contributed by atoms with van der Waals surface area (Å²) >= 11 is 0. The molecule has 1 aliphatic rings. The highest BCUT2D eigenvalue weighted by Gasteiger charge is 2.63. The predicted octanol–water partition coefficient (Wildman–Crippen LogP) is 5.85. The van der Waals surface area contributed by atoms with Gasteiger partial charge in [0, 0.05) is 18.9 Å². The van der Waals surface area contributed by atoms with Crippen LogP contribution in [0.3, 0.4) is 0 Å². The third kappa shape index (κ3) is 6.76. The number of hydrogen-bond acceptors (Lipinski definition) is 5. The molecule has 3 aromatic rings. The lowest BCUT2D eigenvalue weighted by molar-refractivity contribution is -0.191. The number of aryl methyl sites for hydroxylation is 1. The van der Waals surface area contributed by atoms with E-state index in [9.17, 15) is 14.4 Å². The number of rotatable bonds is 12. The Morgan fingerprint density at radius 3 is 2.32 bits per heavy atom. The van der Waals surface area contributed by atoms with Crippen LogP contribution in [0.2, 0.25) is 0 Å². The molecule has 2 N–H and O–H groups in total. The van der Waals surface area contributed by atoms with Crippen molar-refractivity contribution >= 4 is 17.8 Å². The zero-order valence-electron chi connectivity index (χ0n) is 24.4. The van der Waals surface area contributed by atoms with E-state index < -0.39 is 17.7 Å². The fourth-order valence-corrected chi connectivity index (χ4v) is 5.29. The van der Waals surface area contributed by atoms with Crippen molar-refractivity contribution in [3.05, 3.63) is 95.3 Å². The molecule has 2 heterocycles. The third-order valence-corrected chi connectivity index (χ3v) is 7.94. The molecular weight excluding hydrogens is 516 g/mol. The van der Waals surface area contributed by atoms with Crippen LogP contribution in [0, 0.1) is 12.3 Å². The largest absolute Gasteiger partial charge is 0.469 e. The molecule has 8 nitrogen and oxygen atoms in total. The van der Waals surface area contributed by atoms with Gasteiger partial charge < -0.3 is 15.4 Å². The molecule has 4 rings (SSSR count). The van der Waals surface area contributed by atoms with Crippen LogP contribution >= 0.6 is 0 Å². The standard InChI is InChI=1S/C33H40N4O4/c1-5-9-28(26-15-11-23(4)12-16-26)36-32(40)37-30(39)33(6-2,7-3)31(37)41-27-17-13-24(14-18-27)22-35-29(38)20-25-10-8-19-34-21-25/h8,10-19,21,28,31H,5-7,9,20,22H2,1-4H3,(H,35,38)(H,36,40)/t28-,31+/m1/s1. The first-order valence-corrected chi connectivity index (χ1v) is 14.4. The summed E-state index contributed by atoms with van der Waals surface area (Å²) < 4.78 is 6.32. The Kier molecular flexibility index (Phi) is 9.76. The van der Waals surface area contributed by atoms with E-state index in [0.717, 1.165) is 35.1 Å². The van der Waals surface area contributed by atoms with Gasteiger partial charge in [-0.3, -0.25) is 14.6 Å². The average molecular weight is 557 g/mol. The predicted molar refractivity (Wildman–Crippen MR) is 158 cm³/mol. The summed E-state index contributed by atoms with van der Waals surface area (Å²) in [5.41, 5.74) is 3.16. The number of pyridine rings is 1. The zero-order valence-corrected chi connectivity index (χ0v) is 24.4. The first-order chi connectivity index (χ1) is 19.8. The number of imide groups is 1. The second kappa shape index (κ2) is 13.4. The van der Waals surface area contributed by atoms with Crippen molar-refractivity contribution in [1.82, 2.24) is 20.5 Å². The molecule has 8 heteroatoms. The summed E-state index contributed by atoms with van der Waals surface area (Å²) in [6.45, 7) is 8.39. The Bertz CT molecular complexity index is 1320. The fraction of sp³-hybridized carbons (Fsp3) is 0.394. The lowest BCUT2D eigenvalue weighted by atomic mass is 9.72. The van der Waals surface area contributed by atoms with Gasteiger partial charge in [-0.05, 0) is 61.1 Å². The Balaban J connectivity index is 1.42. The Labute approximate surface area is 242 Å². The van der Waals surface area contributed by atoms with Crippen molar-refractivity contribution in [3.8, 4) is 5.75 Å². The van der Waals surface area contributed by atoms with E-state index in [1.165, 1.54) is 4.90 Å². The average Bonchev–Trinajstić information content (AvgIpc) is 2.98. The van der Waals surface area contributed by atoms with Crippen molar-refractivity contribution in [2.45, 2.75) is 78.6 Å². The number of nitrogens with zero attached hydrogens (tertiary/aromatic N) is 2. The Hall–Kier alpha value is -4.20. The first-order valence-electron chi connectivity index (χ1n) is 14.4. The van der Waals surface area contributed by atoms with Gasteiger partial charge >= 0.3 is 6.03 Å². The van der Waals surface area contributed by atoms with Crippen molar-refractivity contribution < 1.29 is 19.1 Å². The molecule has 1 aromatic heterocycles. The molecule has 2 atom stereocenters. The van der Waals surface area contributed by atoms with Gasteiger partial charge in [0.2, 0.25) is 11.8 Å². The van der Waals surface area contributed by atoms with Crippen molar-refractivity contribution in [2.24, 2.45) is 5.41 Å². The molecule has 0 aliphatic carbocycles. The van der Waals surface area contributed by atoms with E-state index in [2.05, 4.69) is 22.5 Å². The smallest absolute Gasteiger partial charge is 0.327 e. The number of aromatic nitrogens is 1. The summed E-state index contributed by atoms with van der Waals surface area (Å²) in [7, 11) is 0. The molecule has 1 saturated heterocycles. The minimum Gasteiger partial charge on any atom is -0.469 e. The van der Waals surface area contributed by atoms with Gasteiger partial charge in [0.1, 0.15) is 11.2 Å². The third-order valence-electron chi connectivity index (χ3n) is 7.94. The van der Waals surface area contributed by atoms with Gasteiger partial charge in [-0.15, -0.1) is 0 Å².